The molecule has 0 N–H and O–H groups in total. The molecule has 0 bridgehead atoms. The lowest BCUT2D eigenvalue weighted by Gasteiger charge is -2.10. The number of carbonyl (C=O) groups is 2. The fourth-order valence-electron chi connectivity index (χ4n) is 3.25. The van der Waals surface area contributed by atoms with Crippen LogP contribution in [0, 0.1) is 13.8 Å². The van der Waals surface area contributed by atoms with Gasteiger partial charge in [0.25, 0.3) is 0 Å². The number of aryl methyl sites for hydroxylation is 2. The number of thiophene rings is 1. The predicted octanol–water partition coefficient (Wildman–Crippen LogP) is 6.27. The van der Waals surface area contributed by atoms with Crippen molar-refractivity contribution in [2.75, 3.05) is 6.61 Å². The maximum absolute atomic E-state index is 12.9. The number of ketones is 1. The summed E-state index contributed by atoms with van der Waals surface area (Å²) in [7, 11) is 0. The van der Waals surface area contributed by atoms with Crippen LogP contribution in [0.4, 0.5) is 0 Å². The Kier molecular flexibility index (Phi) is 5.66. The number of fused-ring (bicyclic) bond motifs is 1. The molecule has 4 rings (SSSR count). The van der Waals surface area contributed by atoms with Gasteiger partial charge in [0.2, 0.25) is 5.78 Å². The lowest BCUT2D eigenvalue weighted by molar-refractivity contribution is 0.0476. The number of carbonyl (C=O) groups excluding carboxylic acids is 2. The van der Waals surface area contributed by atoms with Gasteiger partial charge in [0.05, 0.1) is 26.0 Å². The van der Waals surface area contributed by atoms with Gasteiger partial charge in [0, 0.05) is 10.9 Å². The molecule has 150 valence electrons. The van der Waals surface area contributed by atoms with Crippen LogP contribution in [0.5, 0.6) is 0 Å². The number of hydrogen-bond acceptors (Lipinski definition) is 5. The number of rotatable bonds is 5. The highest BCUT2D eigenvalue weighted by Crippen LogP contribution is 2.32. The summed E-state index contributed by atoms with van der Waals surface area (Å²) in [6.07, 6.45) is 0. The van der Waals surface area contributed by atoms with Gasteiger partial charge < -0.3 is 4.74 Å². The van der Waals surface area contributed by atoms with Gasteiger partial charge in [-0.2, -0.15) is 0 Å². The molecule has 0 saturated heterocycles. The summed E-state index contributed by atoms with van der Waals surface area (Å²) in [4.78, 5) is 31.0. The fourth-order valence-corrected chi connectivity index (χ4v) is 4.25. The third-order valence-electron chi connectivity index (χ3n) is 4.79. The Morgan fingerprint density at radius 2 is 1.80 bits per heavy atom. The van der Waals surface area contributed by atoms with Crippen LogP contribution in [0.25, 0.3) is 21.5 Å². The molecule has 0 atom stereocenters. The smallest absolute Gasteiger partial charge is 0.339 e. The second-order valence-electron chi connectivity index (χ2n) is 6.99. The maximum Gasteiger partial charge on any atom is 0.339 e. The van der Waals surface area contributed by atoms with Crippen molar-refractivity contribution in [3.8, 4) is 10.6 Å². The van der Waals surface area contributed by atoms with E-state index < -0.39 is 5.97 Å². The van der Waals surface area contributed by atoms with E-state index in [-0.39, 0.29) is 12.4 Å². The molecule has 4 aromatic rings. The Morgan fingerprint density at radius 1 is 1.00 bits per heavy atom. The van der Waals surface area contributed by atoms with Crippen molar-refractivity contribution in [3.63, 3.8) is 0 Å². The Bertz CT molecular complexity index is 1280. The summed E-state index contributed by atoms with van der Waals surface area (Å²) in [5.41, 5.74) is 4.08. The zero-order chi connectivity index (χ0) is 21.3. The van der Waals surface area contributed by atoms with Gasteiger partial charge in [-0.15, -0.1) is 11.3 Å². The largest absolute Gasteiger partial charge is 0.454 e. The topological polar surface area (TPSA) is 56.3 Å². The molecule has 2 aromatic carbocycles. The molecule has 0 aliphatic heterocycles. The third-order valence-corrected chi connectivity index (χ3v) is 6.04. The average molecular weight is 436 g/mol. The summed E-state index contributed by atoms with van der Waals surface area (Å²) >= 11 is 7.44. The van der Waals surface area contributed by atoms with Crippen molar-refractivity contribution in [2.45, 2.75) is 13.8 Å². The molecule has 6 heteroatoms. The van der Waals surface area contributed by atoms with Crippen LogP contribution in [-0.2, 0) is 4.74 Å². The van der Waals surface area contributed by atoms with Gasteiger partial charge in [-0.3, -0.25) is 4.79 Å². The fraction of sp³-hybridized carbons (Fsp3) is 0.125. The number of aromatic nitrogens is 1. The second kappa shape index (κ2) is 8.38. The van der Waals surface area contributed by atoms with Crippen LogP contribution in [-0.4, -0.2) is 23.3 Å². The Labute approximate surface area is 183 Å². The van der Waals surface area contributed by atoms with E-state index in [1.165, 1.54) is 11.3 Å². The second-order valence-corrected chi connectivity index (χ2v) is 8.71. The molecule has 0 radical (unpaired) electrons. The highest BCUT2D eigenvalue weighted by atomic mass is 35.5. The van der Waals surface area contributed by atoms with Gasteiger partial charge >= 0.3 is 5.97 Å². The molecule has 4 nitrogen and oxygen atoms in total. The molecular weight excluding hydrogens is 418 g/mol. The SMILES string of the molecule is Cc1ccc(C)c(C(=O)COC(=O)c2cc(-c3ccc(Cl)s3)nc3ccccc23)c1. The minimum Gasteiger partial charge on any atom is -0.454 e. The number of hydrogen-bond donors (Lipinski definition) is 0. The van der Waals surface area contributed by atoms with Crippen LogP contribution >= 0.6 is 22.9 Å². The third kappa shape index (κ3) is 4.13. The van der Waals surface area contributed by atoms with Crippen LogP contribution in [0.2, 0.25) is 4.34 Å². The molecule has 0 fully saturated rings. The summed E-state index contributed by atoms with van der Waals surface area (Å²) in [6.45, 7) is 3.47. The van der Waals surface area contributed by atoms with Crippen molar-refractivity contribution >= 4 is 45.6 Å². The van der Waals surface area contributed by atoms with Crippen LogP contribution < -0.4 is 0 Å². The molecule has 2 aromatic heterocycles. The van der Waals surface area contributed by atoms with Crippen LogP contribution in [0.3, 0.4) is 0 Å². The first-order chi connectivity index (χ1) is 14.4. The summed E-state index contributed by atoms with van der Waals surface area (Å²) in [5, 5.41) is 0.674. The van der Waals surface area contributed by atoms with Crippen molar-refractivity contribution in [1.29, 1.82) is 0 Å². The van der Waals surface area contributed by atoms with E-state index in [2.05, 4.69) is 4.98 Å². The number of nitrogens with zero attached hydrogens (tertiary/aromatic N) is 1. The Balaban J connectivity index is 1.64. The van der Waals surface area contributed by atoms with E-state index >= 15 is 0 Å². The van der Waals surface area contributed by atoms with Crippen LogP contribution in [0.1, 0.15) is 31.8 Å². The molecular formula is C24H18ClNO3S. The Morgan fingerprint density at radius 3 is 2.57 bits per heavy atom. The van der Waals surface area contributed by atoms with Crippen molar-refractivity contribution < 1.29 is 14.3 Å². The standard InChI is InChI=1S/C24H18ClNO3S/c1-14-7-8-15(2)17(11-14)21(27)13-29-24(28)18-12-20(22-9-10-23(25)30-22)26-19-6-4-3-5-16(18)19/h3-12H,13H2,1-2H3. The quantitative estimate of drug-likeness (QED) is 0.273. The lowest BCUT2D eigenvalue weighted by atomic mass is 10.0. The lowest BCUT2D eigenvalue weighted by Crippen LogP contribution is -2.16. The number of halogens is 1. The number of Topliss-reactive ketones (excluding diaryl/α,β-unsaturated/α-hetero) is 1. The number of esters is 1. The molecule has 0 saturated carbocycles. The first kappa shape index (κ1) is 20.3. The first-order valence-corrected chi connectivity index (χ1v) is 10.5. The molecule has 30 heavy (non-hydrogen) atoms. The van der Waals surface area contributed by atoms with Gasteiger partial charge in [-0.05, 0) is 49.7 Å². The van der Waals surface area contributed by atoms with Gasteiger partial charge in [-0.1, -0.05) is 47.5 Å². The molecule has 2 heterocycles. The van der Waals surface area contributed by atoms with E-state index in [4.69, 9.17) is 16.3 Å². The van der Waals surface area contributed by atoms with E-state index in [0.29, 0.717) is 32.1 Å². The first-order valence-electron chi connectivity index (χ1n) is 9.35. The van der Waals surface area contributed by atoms with E-state index in [1.54, 1.807) is 12.1 Å². The molecule has 0 amide bonds. The highest BCUT2D eigenvalue weighted by Gasteiger charge is 2.18. The maximum atomic E-state index is 12.9. The van der Waals surface area contributed by atoms with E-state index in [0.717, 1.165) is 16.0 Å². The minimum absolute atomic E-state index is 0.229. The summed E-state index contributed by atoms with van der Waals surface area (Å²) < 4.78 is 6.05. The monoisotopic (exact) mass is 435 g/mol. The predicted molar refractivity (Wildman–Crippen MR) is 121 cm³/mol. The molecule has 0 unspecified atom stereocenters. The van der Waals surface area contributed by atoms with E-state index in [1.807, 2.05) is 62.4 Å². The zero-order valence-corrected chi connectivity index (χ0v) is 18.0. The van der Waals surface area contributed by atoms with Gasteiger partial charge in [0.15, 0.2) is 6.61 Å². The highest BCUT2D eigenvalue weighted by molar-refractivity contribution is 7.19. The number of benzene rings is 2. The van der Waals surface area contributed by atoms with Crippen LogP contribution in [0.15, 0.2) is 60.7 Å². The van der Waals surface area contributed by atoms with E-state index in [9.17, 15) is 9.59 Å². The Hall–Kier alpha value is -3.02. The van der Waals surface area contributed by atoms with Crippen molar-refractivity contribution in [1.82, 2.24) is 4.98 Å². The van der Waals surface area contributed by atoms with Crippen molar-refractivity contribution in [2.24, 2.45) is 0 Å². The normalized spacial score (nSPS) is 10.9. The molecule has 0 spiro atoms. The zero-order valence-electron chi connectivity index (χ0n) is 16.4. The number of pyridine rings is 1. The minimum atomic E-state index is -0.559. The van der Waals surface area contributed by atoms with Gasteiger partial charge in [0.1, 0.15) is 0 Å². The summed E-state index contributed by atoms with van der Waals surface area (Å²) in [6, 6.07) is 18.3. The average Bonchev–Trinajstić information content (AvgIpc) is 3.19. The number of ether oxygens (including phenoxy) is 1. The molecule has 0 aliphatic rings. The summed E-state index contributed by atoms with van der Waals surface area (Å²) in [5.74, 6) is -0.788. The van der Waals surface area contributed by atoms with Crippen molar-refractivity contribution in [3.05, 3.63) is 87.3 Å². The molecule has 0 aliphatic carbocycles. The van der Waals surface area contributed by atoms with Gasteiger partial charge in [-0.25, -0.2) is 9.78 Å². The number of para-hydroxylation sites is 1.